The van der Waals surface area contributed by atoms with E-state index in [-0.39, 0.29) is 0 Å². The van der Waals surface area contributed by atoms with Crippen LogP contribution < -0.4 is 5.32 Å². The van der Waals surface area contributed by atoms with Crippen LogP contribution in [0.2, 0.25) is 0 Å². The van der Waals surface area contributed by atoms with E-state index >= 15 is 0 Å². The first kappa shape index (κ1) is 10.6. The maximum absolute atomic E-state index is 3.34. The molecule has 0 aromatic heterocycles. The third-order valence-electron chi connectivity index (χ3n) is 1.70. The minimum absolute atomic E-state index is 0.949. The van der Waals surface area contributed by atoms with Gasteiger partial charge in [0, 0.05) is 22.0 Å². The summed E-state index contributed by atoms with van der Waals surface area (Å²) < 4.78 is 1.26. The van der Waals surface area contributed by atoms with Gasteiger partial charge in [0.1, 0.15) is 0 Å². The summed E-state index contributed by atoms with van der Waals surface area (Å²) in [5.41, 5.74) is 1.28. The second-order valence-corrected chi connectivity index (χ2v) is 4.11. The van der Waals surface area contributed by atoms with Crippen molar-refractivity contribution in [3.8, 4) is 0 Å². The predicted octanol–water partition coefficient (Wildman–Crippen LogP) is 2.61. The zero-order chi connectivity index (χ0) is 9.68. The molecule has 1 heterocycles. The molecule has 13 heavy (non-hydrogen) atoms. The van der Waals surface area contributed by atoms with E-state index in [1.165, 1.54) is 9.28 Å². The molecule has 0 amide bonds. The number of rotatable bonds is 3. The Morgan fingerprint density at radius 1 is 1.69 bits per heavy atom. The molecule has 0 aromatic rings. The molecule has 1 N–H and O–H groups in total. The molecule has 0 radical (unpaired) electrons. The monoisotopic (exact) mass is 290 g/mol. The second kappa shape index (κ2) is 5.32. The van der Waals surface area contributed by atoms with Crippen molar-refractivity contribution >= 4 is 22.6 Å². The smallest absolute Gasteiger partial charge is 0.0617 e. The van der Waals surface area contributed by atoms with Crippen molar-refractivity contribution in [3.05, 3.63) is 33.8 Å². The Hall–Kier alpha value is -0.450. The highest BCUT2D eigenvalue weighted by molar-refractivity contribution is 14.1. The Morgan fingerprint density at radius 2 is 2.46 bits per heavy atom. The minimum atomic E-state index is 0.949. The molecule has 0 atom stereocenters. The van der Waals surface area contributed by atoms with Gasteiger partial charge in [0.2, 0.25) is 0 Å². The minimum Gasteiger partial charge on any atom is -0.387 e. The van der Waals surface area contributed by atoms with Crippen molar-refractivity contribution in [2.45, 2.75) is 13.8 Å². The van der Waals surface area contributed by atoms with Gasteiger partial charge in [-0.1, -0.05) is 6.08 Å². The van der Waals surface area contributed by atoms with Gasteiger partial charge in [0.25, 0.3) is 0 Å². The van der Waals surface area contributed by atoms with Gasteiger partial charge in [0.05, 0.1) is 6.54 Å². The van der Waals surface area contributed by atoms with E-state index in [2.05, 4.69) is 64.3 Å². The van der Waals surface area contributed by atoms with E-state index in [1.54, 1.807) is 0 Å². The van der Waals surface area contributed by atoms with Crippen LogP contribution in [0.25, 0.3) is 0 Å². The average molecular weight is 290 g/mol. The molecule has 0 unspecified atom stereocenters. The van der Waals surface area contributed by atoms with E-state index in [1.807, 2.05) is 6.92 Å². The Kier molecular flexibility index (Phi) is 4.35. The van der Waals surface area contributed by atoms with Gasteiger partial charge in [-0.3, -0.25) is 0 Å². The van der Waals surface area contributed by atoms with E-state index in [0.29, 0.717) is 0 Å². The van der Waals surface area contributed by atoms with Gasteiger partial charge in [-0.25, -0.2) is 0 Å². The highest BCUT2D eigenvalue weighted by Crippen LogP contribution is 2.17. The van der Waals surface area contributed by atoms with E-state index < -0.39 is 0 Å². The van der Waals surface area contributed by atoms with Gasteiger partial charge in [-0.15, -0.1) is 0 Å². The molecule has 0 aliphatic carbocycles. The molecule has 1 aliphatic heterocycles. The number of hydrogen-bond acceptors (Lipinski definition) is 2. The van der Waals surface area contributed by atoms with Gasteiger partial charge in [0.15, 0.2) is 0 Å². The van der Waals surface area contributed by atoms with Crippen molar-refractivity contribution in [1.29, 1.82) is 0 Å². The fraction of sp³-hybridized carbons (Fsp3) is 0.400. The van der Waals surface area contributed by atoms with Crippen molar-refractivity contribution < 1.29 is 0 Å². The van der Waals surface area contributed by atoms with Crippen LogP contribution in [0.1, 0.15) is 13.8 Å². The summed E-state index contributed by atoms with van der Waals surface area (Å²) >= 11 is 2.34. The summed E-state index contributed by atoms with van der Waals surface area (Å²) in [7, 11) is 0. The van der Waals surface area contributed by atoms with Crippen molar-refractivity contribution in [1.82, 2.24) is 10.2 Å². The zero-order valence-corrected chi connectivity index (χ0v) is 10.2. The highest BCUT2D eigenvalue weighted by Gasteiger charge is 2.06. The van der Waals surface area contributed by atoms with Crippen molar-refractivity contribution in [2.75, 3.05) is 13.1 Å². The SMILES string of the molecule is C/C=C\N1C=C(I)C=C(NCC)C1. The fourth-order valence-electron chi connectivity index (χ4n) is 1.27. The molecule has 1 aliphatic rings. The van der Waals surface area contributed by atoms with Crippen molar-refractivity contribution in [3.63, 3.8) is 0 Å². The maximum Gasteiger partial charge on any atom is 0.0617 e. The summed E-state index contributed by atoms with van der Waals surface area (Å²) in [5.74, 6) is 0. The Bertz CT molecular complexity index is 254. The van der Waals surface area contributed by atoms with Crippen LogP contribution in [0.3, 0.4) is 0 Å². The number of allylic oxidation sites excluding steroid dienone is 3. The summed E-state index contributed by atoms with van der Waals surface area (Å²) in [6.07, 6.45) is 8.46. The standard InChI is InChI=1S/C10H15IN2/c1-3-5-13-7-9(11)6-10(8-13)12-4-2/h3,5-7,12H,4,8H2,1-2H3/b5-3-. The predicted molar refractivity (Wildman–Crippen MR) is 65.4 cm³/mol. The van der Waals surface area contributed by atoms with Crippen LogP contribution in [0.4, 0.5) is 0 Å². The Morgan fingerprint density at radius 3 is 3.08 bits per heavy atom. The summed E-state index contributed by atoms with van der Waals surface area (Å²) in [4.78, 5) is 2.18. The van der Waals surface area contributed by atoms with Crippen LogP contribution >= 0.6 is 22.6 Å². The molecule has 0 spiro atoms. The second-order valence-electron chi connectivity index (χ2n) is 2.87. The van der Waals surface area contributed by atoms with Crippen LogP contribution in [0.15, 0.2) is 33.8 Å². The van der Waals surface area contributed by atoms with Gasteiger partial charge in [-0.05, 0) is 48.7 Å². The van der Waals surface area contributed by atoms with Gasteiger partial charge in [-0.2, -0.15) is 0 Å². The number of nitrogens with zero attached hydrogens (tertiary/aromatic N) is 1. The lowest BCUT2D eigenvalue weighted by molar-refractivity contribution is 0.521. The first-order chi connectivity index (χ1) is 6.26. The quantitative estimate of drug-likeness (QED) is 0.804. The topological polar surface area (TPSA) is 15.3 Å². The molecular weight excluding hydrogens is 275 g/mol. The Labute approximate surface area is 93.5 Å². The van der Waals surface area contributed by atoms with E-state index in [9.17, 15) is 0 Å². The van der Waals surface area contributed by atoms with Crippen molar-refractivity contribution in [2.24, 2.45) is 0 Å². The van der Waals surface area contributed by atoms with Crippen LogP contribution in [0.5, 0.6) is 0 Å². The third-order valence-corrected chi connectivity index (χ3v) is 2.29. The number of nitrogens with one attached hydrogen (secondary N) is 1. The molecule has 0 aromatic carbocycles. The molecule has 3 heteroatoms. The molecule has 2 nitrogen and oxygen atoms in total. The Balaban J connectivity index is 2.65. The molecule has 0 saturated carbocycles. The zero-order valence-electron chi connectivity index (χ0n) is 8.05. The third kappa shape index (κ3) is 3.42. The molecule has 72 valence electrons. The normalized spacial score (nSPS) is 17.3. The summed E-state index contributed by atoms with van der Waals surface area (Å²) in [6, 6.07) is 0. The first-order valence-corrected chi connectivity index (χ1v) is 5.54. The van der Waals surface area contributed by atoms with Gasteiger partial charge >= 0.3 is 0 Å². The van der Waals surface area contributed by atoms with Crippen LogP contribution in [0, 0.1) is 0 Å². The van der Waals surface area contributed by atoms with Crippen LogP contribution in [-0.4, -0.2) is 18.0 Å². The van der Waals surface area contributed by atoms with E-state index in [4.69, 9.17) is 0 Å². The first-order valence-electron chi connectivity index (χ1n) is 4.46. The van der Waals surface area contributed by atoms with E-state index in [0.717, 1.165) is 13.1 Å². The highest BCUT2D eigenvalue weighted by atomic mass is 127. The average Bonchev–Trinajstić information content (AvgIpc) is 2.04. The lowest BCUT2D eigenvalue weighted by atomic mass is 10.3. The number of likely N-dealkylation sites (N-methyl/N-ethyl adjacent to an activating group) is 1. The molecular formula is C10H15IN2. The molecule has 0 bridgehead atoms. The molecule has 0 saturated heterocycles. The summed E-state index contributed by atoms with van der Waals surface area (Å²) in [5, 5.41) is 3.34. The number of hydrogen-bond donors (Lipinski definition) is 1. The molecule has 0 fully saturated rings. The lowest BCUT2D eigenvalue weighted by Crippen LogP contribution is -2.25. The van der Waals surface area contributed by atoms with Crippen LogP contribution in [-0.2, 0) is 0 Å². The largest absolute Gasteiger partial charge is 0.387 e. The number of halogens is 1. The molecule has 1 rings (SSSR count). The summed E-state index contributed by atoms with van der Waals surface area (Å²) in [6.45, 7) is 6.09. The fourth-order valence-corrected chi connectivity index (χ4v) is 2.00. The maximum atomic E-state index is 3.34. The lowest BCUT2D eigenvalue weighted by Gasteiger charge is -2.22. The van der Waals surface area contributed by atoms with Gasteiger partial charge < -0.3 is 10.2 Å².